The van der Waals surface area contributed by atoms with Crippen molar-refractivity contribution in [3.63, 3.8) is 0 Å². The van der Waals surface area contributed by atoms with Crippen LogP contribution in [0.4, 0.5) is 5.69 Å². The van der Waals surface area contributed by atoms with E-state index in [4.69, 9.17) is 0 Å². The number of carbonyl (C=O) groups excluding carboxylic acids is 1. The van der Waals surface area contributed by atoms with Gasteiger partial charge in [0.1, 0.15) is 0 Å². The maximum absolute atomic E-state index is 12.3. The molecule has 0 saturated heterocycles. The van der Waals surface area contributed by atoms with Crippen molar-refractivity contribution < 1.29 is 13.2 Å². The van der Waals surface area contributed by atoms with Crippen molar-refractivity contribution in [1.29, 1.82) is 0 Å². The lowest BCUT2D eigenvalue weighted by molar-refractivity contribution is 0.102. The van der Waals surface area contributed by atoms with Gasteiger partial charge in [-0.1, -0.05) is 25.5 Å². The predicted octanol–water partition coefficient (Wildman–Crippen LogP) is 3.53. The van der Waals surface area contributed by atoms with Crippen LogP contribution in [0.1, 0.15) is 35.7 Å². The van der Waals surface area contributed by atoms with E-state index in [0.717, 1.165) is 23.6 Å². The number of benzene rings is 2. The molecule has 0 spiro atoms. The first-order valence-corrected chi connectivity index (χ1v) is 9.71. The molecule has 134 valence electrons. The molecule has 0 aromatic heterocycles. The van der Waals surface area contributed by atoms with Gasteiger partial charge in [0.15, 0.2) is 0 Å². The monoisotopic (exact) mass is 360 g/mol. The summed E-state index contributed by atoms with van der Waals surface area (Å²) >= 11 is 0. The minimum absolute atomic E-state index is 0.191. The van der Waals surface area contributed by atoms with E-state index in [2.05, 4.69) is 12.2 Å². The standard InChI is InChI=1S/C19H24N2O3S/c1-4-5-6-15-7-9-16(10-8-15)19(22)20-17-11-13-18(14-12-17)25(23,24)21(2)3/h7-14H,4-6H2,1-3H3,(H,20,22). The quantitative estimate of drug-likeness (QED) is 0.821. The average molecular weight is 360 g/mol. The third-order valence-electron chi connectivity index (χ3n) is 3.93. The van der Waals surface area contributed by atoms with Crippen LogP contribution in [-0.4, -0.2) is 32.7 Å². The normalized spacial score (nSPS) is 11.5. The number of rotatable bonds is 7. The van der Waals surface area contributed by atoms with Crippen molar-refractivity contribution in [2.24, 2.45) is 0 Å². The molecule has 2 aromatic carbocycles. The van der Waals surface area contributed by atoms with Crippen LogP contribution in [0.15, 0.2) is 53.4 Å². The molecule has 6 heteroatoms. The lowest BCUT2D eigenvalue weighted by atomic mass is 10.1. The molecule has 2 aromatic rings. The Morgan fingerprint density at radius 1 is 1.00 bits per heavy atom. The van der Waals surface area contributed by atoms with Crippen LogP contribution < -0.4 is 5.32 Å². The average Bonchev–Trinajstić information content (AvgIpc) is 2.60. The Labute approximate surface area is 149 Å². The molecule has 25 heavy (non-hydrogen) atoms. The summed E-state index contributed by atoms with van der Waals surface area (Å²) in [5.41, 5.74) is 2.35. The number of nitrogens with zero attached hydrogens (tertiary/aromatic N) is 1. The maximum Gasteiger partial charge on any atom is 0.255 e. The van der Waals surface area contributed by atoms with Crippen LogP contribution in [0.3, 0.4) is 0 Å². The zero-order chi connectivity index (χ0) is 18.4. The molecule has 0 bridgehead atoms. The van der Waals surface area contributed by atoms with Gasteiger partial charge in [-0.2, -0.15) is 0 Å². The Morgan fingerprint density at radius 3 is 2.12 bits per heavy atom. The van der Waals surface area contributed by atoms with Crippen LogP contribution in [0.5, 0.6) is 0 Å². The smallest absolute Gasteiger partial charge is 0.255 e. The van der Waals surface area contributed by atoms with E-state index in [-0.39, 0.29) is 10.8 Å². The van der Waals surface area contributed by atoms with Gasteiger partial charge in [-0.25, -0.2) is 12.7 Å². The first-order chi connectivity index (χ1) is 11.8. The lowest BCUT2D eigenvalue weighted by Gasteiger charge is -2.12. The number of anilines is 1. The minimum Gasteiger partial charge on any atom is -0.322 e. The first-order valence-electron chi connectivity index (χ1n) is 8.27. The summed E-state index contributed by atoms with van der Waals surface area (Å²) in [7, 11) is -0.504. The summed E-state index contributed by atoms with van der Waals surface area (Å²) in [5.74, 6) is -0.217. The Bertz CT molecular complexity index is 811. The summed E-state index contributed by atoms with van der Waals surface area (Å²) in [6.45, 7) is 2.15. The highest BCUT2D eigenvalue weighted by Gasteiger charge is 2.16. The second-order valence-electron chi connectivity index (χ2n) is 6.07. The molecule has 5 nitrogen and oxygen atoms in total. The molecule has 0 aliphatic rings. The van der Waals surface area contributed by atoms with E-state index in [1.807, 2.05) is 24.3 Å². The number of hydrogen-bond acceptors (Lipinski definition) is 3. The van der Waals surface area contributed by atoms with Gasteiger partial charge < -0.3 is 5.32 Å². The number of carbonyl (C=O) groups is 1. The third-order valence-corrected chi connectivity index (χ3v) is 5.76. The second-order valence-corrected chi connectivity index (χ2v) is 8.22. The number of aryl methyl sites for hydroxylation is 1. The molecule has 0 aliphatic carbocycles. The van der Waals surface area contributed by atoms with E-state index in [1.54, 1.807) is 12.1 Å². The van der Waals surface area contributed by atoms with Crippen molar-refractivity contribution in [1.82, 2.24) is 4.31 Å². The van der Waals surface area contributed by atoms with E-state index in [1.165, 1.54) is 31.8 Å². The summed E-state index contributed by atoms with van der Waals surface area (Å²) in [5, 5.41) is 2.78. The van der Waals surface area contributed by atoms with Crippen molar-refractivity contribution in [3.05, 3.63) is 59.7 Å². The van der Waals surface area contributed by atoms with Crippen LogP contribution in [0.2, 0.25) is 0 Å². The molecule has 2 rings (SSSR count). The highest BCUT2D eigenvalue weighted by atomic mass is 32.2. The molecule has 0 radical (unpaired) electrons. The maximum atomic E-state index is 12.3. The van der Waals surface area contributed by atoms with Crippen molar-refractivity contribution in [2.45, 2.75) is 31.1 Å². The molecular formula is C19H24N2O3S. The molecule has 0 atom stereocenters. The van der Waals surface area contributed by atoms with Gasteiger partial charge >= 0.3 is 0 Å². The highest BCUT2D eigenvalue weighted by molar-refractivity contribution is 7.89. The summed E-state index contributed by atoms with van der Waals surface area (Å²) in [6.07, 6.45) is 3.29. The predicted molar refractivity (Wildman–Crippen MR) is 100 cm³/mol. The van der Waals surface area contributed by atoms with Gasteiger partial charge in [0, 0.05) is 25.3 Å². The Hall–Kier alpha value is -2.18. The fraction of sp³-hybridized carbons (Fsp3) is 0.316. The number of nitrogens with one attached hydrogen (secondary N) is 1. The van der Waals surface area contributed by atoms with Gasteiger partial charge in [-0.3, -0.25) is 4.79 Å². The van der Waals surface area contributed by atoms with Crippen LogP contribution in [0, 0.1) is 0 Å². The van der Waals surface area contributed by atoms with Crippen LogP contribution in [-0.2, 0) is 16.4 Å². The Morgan fingerprint density at radius 2 is 1.60 bits per heavy atom. The van der Waals surface area contributed by atoms with Crippen LogP contribution >= 0.6 is 0 Å². The van der Waals surface area contributed by atoms with Gasteiger partial charge in [0.2, 0.25) is 10.0 Å². The highest BCUT2D eigenvalue weighted by Crippen LogP contribution is 2.17. The number of unbranched alkanes of at least 4 members (excludes halogenated alkanes) is 1. The van der Waals surface area contributed by atoms with Crippen molar-refractivity contribution >= 4 is 21.6 Å². The van der Waals surface area contributed by atoms with Gasteiger partial charge in [-0.15, -0.1) is 0 Å². The number of hydrogen-bond donors (Lipinski definition) is 1. The van der Waals surface area contributed by atoms with E-state index in [0.29, 0.717) is 11.3 Å². The van der Waals surface area contributed by atoms with Gasteiger partial charge in [0.05, 0.1) is 4.90 Å². The second kappa shape index (κ2) is 8.27. The topological polar surface area (TPSA) is 66.5 Å². The summed E-state index contributed by atoms with van der Waals surface area (Å²) < 4.78 is 25.2. The molecule has 0 unspecified atom stereocenters. The third kappa shape index (κ3) is 4.90. The first kappa shape index (κ1) is 19.1. The van der Waals surface area contributed by atoms with Crippen molar-refractivity contribution in [2.75, 3.05) is 19.4 Å². The number of sulfonamides is 1. The van der Waals surface area contributed by atoms with Gasteiger partial charge in [0.25, 0.3) is 5.91 Å². The summed E-state index contributed by atoms with van der Waals surface area (Å²) in [4.78, 5) is 12.5. The summed E-state index contributed by atoms with van der Waals surface area (Å²) in [6, 6.07) is 13.7. The molecular weight excluding hydrogens is 336 g/mol. The van der Waals surface area contributed by atoms with E-state index in [9.17, 15) is 13.2 Å². The molecule has 0 aliphatic heterocycles. The van der Waals surface area contributed by atoms with E-state index >= 15 is 0 Å². The van der Waals surface area contributed by atoms with E-state index < -0.39 is 10.0 Å². The lowest BCUT2D eigenvalue weighted by Crippen LogP contribution is -2.22. The van der Waals surface area contributed by atoms with Crippen molar-refractivity contribution in [3.8, 4) is 0 Å². The zero-order valence-corrected chi connectivity index (χ0v) is 15.6. The van der Waals surface area contributed by atoms with Gasteiger partial charge in [-0.05, 0) is 54.8 Å². The molecule has 0 heterocycles. The fourth-order valence-electron chi connectivity index (χ4n) is 2.33. The molecule has 1 N–H and O–H groups in total. The Kier molecular flexibility index (Phi) is 6.33. The van der Waals surface area contributed by atoms with Crippen LogP contribution in [0.25, 0.3) is 0 Å². The SMILES string of the molecule is CCCCc1ccc(C(=O)Nc2ccc(S(=O)(=O)N(C)C)cc2)cc1. The molecule has 0 saturated carbocycles. The minimum atomic E-state index is -3.47. The Balaban J connectivity index is 2.05. The largest absolute Gasteiger partial charge is 0.322 e. The molecule has 0 fully saturated rings. The molecule has 1 amide bonds. The number of amides is 1. The fourth-order valence-corrected chi connectivity index (χ4v) is 3.23. The zero-order valence-electron chi connectivity index (χ0n) is 14.8.